The predicted molar refractivity (Wildman–Crippen MR) is 80.0 cm³/mol. The quantitative estimate of drug-likeness (QED) is 0.865. The van der Waals surface area contributed by atoms with Gasteiger partial charge in [0.05, 0.1) is 12.1 Å². The third-order valence-electron chi connectivity index (χ3n) is 3.70. The van der Waals surface area contributed by atoms with Crippen molar-refractivity contribution in [1.29, 1.82) is 0 Å². The molecule has 2 rings (SSSR count). The fraction of sp³-hybridized carbons (Fsp3) is 0.533. The van der Waals surface area contributed by atoms with E-state index < -0.39 is 11.7 Å². The summed E-state index contributed by atoms with van der Waals surface area (Å²) in [5, 5.41) is 5.40. The van der Waals surface area contributed by atoms with Crippen LogP contribution in [0.25, 0.3) is 0 Å². The topological polar surface area (TPSA) is 41.1 Å². The number of rotatable bonds is 4. The third kappa shape index (κ3) is 4.80. The van der Waals surface area contributed by atoms with Crippen molar-refractivity contribution in [2.75, 3.05) is 11.9 Å². The highest BCUT2D eigenvalue weighted by molar-refractivity contribution is 6.30. The van der Waals surface area contributed by atoms with Gasteiger partial charge in [0, 0.05) is 16.8 Å². The van der Waals surface area contributed by atoms with Gasteiger partial charge in [-0.25, -0.2) is 0 Å². The molecule has 0 saturated heterocycles. The second-order valence-electron chi connectivity index (χ2n) is 5.44. The molecule has 3 nitrogen and oxygen atoms in total. The van der Waals surface area contributed by atoms with Crippen molar-refractivity contribution < 1.29 is 18.0 Å². The molecule has 0 aromatic heterocycles. The molecule has 1 fully saturated rings. The maximum Gasteiger partial charge on any atom is 0.418 e. The molecule has 122 valence electrons. The number of nitrogens with one attached hydrogen (secondary N) is 2. The van der Waals surface area contributed by atoms with E-state index in [1.54, 1.807) is 0 Å². The zero-order valence-electron chi connectivity index (χ0n) is 12.0. The van der Waals surface area contributed by atoms with Crippen molar-refractivity contribution in [3.05, 3.63) is 28.8 Å². The number of benzene rings is 1. The average Bonchev–Trinajstić information content (AvgIpc) is 2.46. The normalized spacial score (nSPS) is 16.4. The van der Waals surface area contributed by atoms with Gasteiger partial charge in [0.1, 0.15) is 0 Å². The first-order chi connectivity index (χ1) is 10.4. The first-order valence-electron chi connectivity index (χ1n) is 7.26. The monoisotopic (exact) mass is 334 g/mol. The van der Waals surface area contributed by atoms with Crippen molar-refractivity contribution >= 4 is 23.2 Å². The molecule has 0 bridgehead atoms. The third-order valence-corrected chi connectivity index (χ3v) is 3.93. The van der Waals surface area contributed by atoms with Crippen LogP contribution in [0.3, 0.4) is 0 Å². The van der Waals surface area contributed by atoms with Gasteiger partial charge in [-0.3, -0.25) is 4.79 Å². The molecule has 0 radical (unpaired) electrons. The minimum absolute atomic E-state index is 0.00420. The molecule has 0 aliphatic heterocycles. The summed E-state index contributed by atoms with van der Waals surface area (Å²) in [4.78, 5) is 11.8. The van der Waals surface area contributed by atoms with E-state index in [0.29, 0.717) is 0 Å². The minimum atomic E-state index is -4.52. The number of halogens is 4. The average molecular weight is 335 g/mol. The fourth-order valence-corrected chi connectivity index (χ4v) is 2.78. The Bertz CT molecular complexity index is 528. The Hall–Kier alpha value is -1.43. The van der Waals surface area contributed by atoms with Gasteiger partial charge in [0.2, 0.25) is 5.91 Å². The Morgan fingerprint density at radius 2 is 1.91 bits per heavy atom. The zero-order chi connectivity index (χ0) is 16.2. The summed E-state index contributed by atoms with van der Waals surface area (Å²) in [7, 11) is 0. The van der Waals surface area contributed by atoms with Gasteiger partial charge in [0.15, 0.2) is 0 Å². The SMILES string of the molecule is O=C(CNc1ccc(Cl)cc1C(F)(F)F)NC1CCCCC1. The van der Waals surface area contributed by atoms with Crippen LogP contribution in [0.1, 0.15) is 37.7 Å². The van der Waals surface area contributed by atoms with E-state index in [9.17, 15) is 18.0 Å². The molecule has 1 aliphatic rings. The molecule has 2 N–H and O–H groups in total. The van der Waals surface area contributed by atoms with Crippen molar-refractivity contribution in [2.45, 2.75) is 44.3 Å². The lowest BCUT2D eigenvalue weighted by Crippen LogP contribution is -2.39. The van der Waals surface area contributed by atoms with E-state index in [2.05, 4.69) is 10.6 Å². The number of amides is 1. The second kappa shape index (κ2) is 7.22. The van der Waals surface area contributed by atoms with E-state index >= 15 is 0 Å². The first kappa shape index (κ1) is 16.9. The Labute approximate surface area is 132 Å². The van der Waals surface area contributed by atoms with Crippen LogP contribution in [0, 0.1) is 0 Å². The van der Waals surface area contributed by atoms with E-state index in [-0.39, 0.29) is 29.2 Å². The molecule has 22 heavy (non-hydrogen) atoms. The summed E-state index contributed by atoms with van der Waals surface area (Å²) < 4.78 is 38.8. The highest BCUT2D eigenvalue weighted by Crippen LogP contribution is 2.36. The molecular formula is C15H18ClF3N2O. The second-order valence-corrected chi connectivity index (χ2v) is 5.88. The van der Waals surface area contributed by atoms with Crippen LogP contribution in [-0.4, -0.2) is 18.5 Å². The van der Waals surface area contributed by atoms with Crippen LogP contribution < -0.4 is 10.6 Å². The highest BCUT2D eigenvalue weighted by Gasteiger charge is 2.33. The summed E-state index contributed by atoms with van der Waals surface area (Å²) in [5.41, 5.74) is -1.01. The van der Waals surface area contributed by atoms with E-state index in [4.69, 9.17) is 11.6 Å². The minimum Gasteiger partial charge on any atom is -0.376 e. The van der Waals surface area contributed by atoms with E-state index in [0.717, 1.165) is 31.7 Å². The molecule has 1 amide bonds. The Morgan fingerprint density at radius 3 is 2.55 bits per heavy atom. The van der Waals surface area contributed by atoms with Gasteiger partial charge < -0.3 is 10.6 Å². The lowest BCUT2D eigenvalue weighted by molar-refractivity contribution is -0.137. The summed E-state index contributed by atoms with van der Waals surface area (Å²) in [6.45, 7) is -0.193. The predicted octanol–water partition coefficient (Wildman–Crippen LogP) is 4.22. The summed E-state index contributed by atoms with van der Waals surface area (Å²) in [6.07, 6.45) is 0.667. The van der Waals surface area contributed by atoms with Crippen molar-refractivity contribution in [2.24, 2.45) is 0 Å². The number of anilines is 1. The molecule has 0 atom stereocenters. The Balaban J connectivity index is 1.94. The van der Waals surface area contributed by atoms with Gasteiger partial charge in [0.25, 0.3) is 0 Å². The first-order valence-corrected chi connectivity index (χ1v) is 7.64. The highest BCUT2D eigenvalue weighted by atomic mass is 35.5. The van der Waals surface area contributed by atoms with Crippen LogP contribution in [0.5, 0.6) is 0 Å². The standard InChI is InChI=1S/C15H18ClF3N2O/c16-10-6-7-13(12(8-10)15(17,18)19)20-9-14(22)21-11-4-2-1-3-5-11/h6-8,11,20H,1-5,9H2,(H,21,22). The molecular weight excluding hydrogens is 317 g/mol. The number of alkyl halides is 3. The Morgan fingerprint density at radius 1 is 1.23 bits per heavy atom. The smallest absolute Gasteiger partial charge is 0.376 e. The molecule has 1 aliphatic carbocycles. The summed E-state index contributed by atoms with van der Waals surface area (Å²) >= 11 is 5.61. The molecule has 1 saturated carbocycles. The molecule has 1 aromatic rings. The molecule has 7 heteroatoms. The molecule has 1 aromatic carbocycles. The number of carbonyl (C=O) groups excluding carboxylic acids is 1. The van der Waals surface area contributed by atoms with Crippen LogP contribution >= 0.6 is 11.6 Å². The Kier molecular flexibility index (Phi) is 5.56. The van der Waals surface area contributed by atoms with Gasteiger partial charge in [-0.05, 0) is 31.0 Å². The van der Waals surface area contributed by atoms with Crippen molar-refractivity contribution in [1.82, 2.24) is 5.32 Å². The molecule has 0 unspecified atom stereocenters. The fourth-order valence-electron chi connectivity index (χ4n) is 2.61. The van der Waals surface area contributed by atoms with Gasteiger partial charge in [-0.2, -0.15) is 13.2 Å². The van der Waals surface area contributed by atoms with E-state index in [1.807, 2.05) is 0 Å². The van der Waals surface area contributed by atoms with Crippen LogP contribution in [0.4, 0.5) is 18.9 Å². The summed E-state index contributed by atoms with van der Waals surface area (Å²) in [5.74, 6) is -0.296. The van der Waals surface area contributed by atoms with Crippen LogP contribution in [0.15, 0.2) is 18.2 Å². The van der Waals surface area contributed by atoms with Crippen LogP contribution in [-0.2, 0) is 11.0 Å². The maximum atomic E-state index is 12.9. The number of carbonyl (C=O) groups is 1. The van der Waals surface area contributed by atoms with Crippen molar-refractivity contribution in [3.8, 4) is 0 Å². The number of hydrogen-bond donors (Lipinski definition) is 2. The van der Waals surface area contributed by atoms with Crippen molar-refractivity contribution in [3.63, 3.8) is 0 Å². The van der Waals surface area contributed by atoms with Crippen LogP contribution in [0.2, 0.25) is 5.02 Å². The van der Waals surface area contributed by atoms with Gasteiger partial charge in [-0.15, -0.1) is 0 Å². The lowest BCUT2D eigenvalue weighted by atomic mass is 9.95. The largest absolute Gasteiger partial charge is 0.418 e. The van der Waals surface area contributed by atoms with E-state index in [1.165, 1.54) is 18.6 Å². The maximum absolute atomic E-state index is 12.9. The molecule has 0 heterocycles. The van der Waals surface area contributed by atoms with Gasteiger partial charge >= 0.3 is 6.18 Å². The lowest BCUT2D eigenvalue weighted by Gasteiger charge is -2.23. The zero-order valence-corrected chi connectivity index (χ0v) is 12.7. The number of hydrogen-bond acceptors (Lipinski definition) is 2. The molecule has 0 spiro atoms. The summed E-state index contributed by atoms with van der Waals surface area (Å²) in [6, 6.07) is 3.58. The van der Waals surface area contributed by atoms with Gasteiger partial charge in [-0.1, -0.05) is 30.9 Å².